The zero-order valence-electron chi connectivity index (χ0n) is 9.70. The smallest absolute Gasteiger partial charge is 0.263 e. The summed E-state index contributed by atoms with van der Waals surface area (Å²) in [6, 6.07) is 7.66. The summed E-state index contributed by atoms with van der Waals surface area (Å²) >= 11 is 0. The second-order valence-electron chi connectivity index (χ2n) is 3.85. The molecule has 0 radical (unpaired) electrons. The second kappa shape index (κ2) is 4.79. The summed E-state index contributed by atoms with van der Waals surface area (Å²) in [5.74, 6) is 0.145. The van der Waals surface area contributed by atoms with Crippen LogP contribution in [-0.4, -0.2) is 13.6 Å². The molecule has 2 aromatic rings. The Kier molecular flexibility index (Phi) is 3.35. The van der Waals surface area contributed by atoms with Gasteiger partial charge >= 0.3 is 0 Å². The Morgan fingerprint density at radius 1 is 1.28 bits per heavy atom. The molecule has 0 aliphatic rings. The molecule has 1 atom stereocenters. The van der Waals surface area contributed by atoms with E-state index in [0.717, 1.165) is 5.56 Å². The van der Waals surface area contributed by atoms with E-state index < -0.39 is 10.0 Å². The van der Waals surface area contributed by atoms with Crippen LogP contribution >= 0.6 is 0 Å². The molecule has 0 fully saturated rings. The molecule has 3 N–H and O–H groups in total. The largest absolute Gasteiger partial charge is 0.363 e. The fourth-order valence-electron chi connectivity index (χ4n) is 1.41. The Bertz CT molecular complexity index is 603. The van der Waals surface area contributed by atoms with Gasteiger partial charge in [-0.2, -0.15) is 0 Å². The summed E-state index contributed by atoms with van der Waals surface area (Å²) in [6.07, 6.45) is 1.29. The number of sulfonamides is 1. The second-order valence-corrected chi connectivity index (χ2v) is 5.53. The van der Waals surface area contributed by atoms with Crippen LogP contribution in [0.15, 0.2) is 46.0 Å². The Hall–Kier alpha value is -1.86. The lowest BCUT2D eigenvalue weighted by molar-refractivity contribution is 0.423. The van der Waals surface area contributed by atoms with Crippen LogP contribution in [0, 0.1) is 0 Å². The van der Waals surface area contributed by atoms with Crippen molar-refractivity contribution < 1.29 is 12.9 Å². The van der Waals surface area contributed by atoms with Crippen LogP contribution < -0.4 is 10.5 Å². The molecular formula is C11H13N3O3S. The average molecular weight is 267 g/mol. The van der Waals surface area contributed by atoms with Gasteiger partial charge in [0.25, 0.3) is 10.0 Å². The zero-order chi connectivity index (χ0) is 13.2. The van der Waals surface area contributed by atoms with E-state index in [1.165, 1.54) is 24.5 Å². The van der Waals surface area contributed by atoms with Crippen LogP contribution in [0.4, 0.5) is 5.82 Å². The predicted octanol–water partition coefficient (Wildman–Crippen LogP) is 1.50. The molecule has 1 unspecified atom stereocenters. The van der Waals surface area contributed by atoms with Gasteiger partial charge < -0.3 is 10.3 Å². The first kappa shape index (κ1) is 12.6. The molecule has 1 heterocycles. The molecule has 7 heteroatoms. The van der Waals surface area contributed by atoms with Crippen molar-refractivity contribution in [2.24, 2.45) is 5.73 Å². The number of aromatic nitrogens is 1. The van der Waals surface area contributed by atoms with Crippen LogP contribution in [-0.2, 0) is 10.0 Å². The lowest BCUT2D eigenvalue weighted by atomic mass is 10.1. The molecule has 0 aliphatic heterocycles. The van der Waals surface area contributed by atoms with Crippen molar-refractivity contribution in [3.05, 3.63) is 42.2 Å². The van der Waals surface area contributed by atoms with Crippen LogP contribution in [0.3, 0.4) is 0 Å². The number of nitrogens with two attached hydrogens (primary N) is 1. The van der Waals surface area contributed by atoms with Crippen molar-refractivity contribution in [2.75, 3.05) is 4.72 Å². The van der Waals surface area contributed by atoms with Gasteiger partial charge in [-0.25, -0.2) is 8.42 Å². The lowest BCUT2D eigenvalue weighted by Crippen LogP contribution is -2.13. The highest BCUT2D eigenvalue weighted by molar-refractivity contribution is 7.92. The van der Waals surface area contributed by atoms with E-state index in [9.17, 15) is 8.42 Å². The molecule has 0 aliphatic carbocycles. The molecule has 0 amide bonds. The summed E-state index contributed by atoms with van der Waals surface area (Å²) in [4.78, 5) is 0.148. The minimum atomic E-state index is -3.64. The highest BCUT2D eigenvalue weighted by atomic mass is 32.2. The zero-order valence-corrected chi connectivity index (χ0v) is 10.5. The Morgan fingerprint density at radius 2 is 1.94 bits per heavy atom. The molecule has 0 saturated carbocycles. The first-order valence-corrected chi connectivity index (χ1v) is 6.76. The summed E-state index contributed by atoms with van der Waals surface area (Å²) < 4.78 is 30.8. The Balaban J connectivity index is 2.25. The van der Waals surface area contributed by atoms with Crippen LogP contribution in [0.5, 0.6) is 0 Å². The Morgan fingerprint density at radius 3 is 2.44 bits per heavy atom. The highest BCUT2D eigenvalue weighted by Gasteiger charge is 2.15. The minimum Gasteiger partial charge on any atom is -0.363 e. The van der Waals surface area contributed by atoms with Crippen molar-refractivity contribution in [2.45, 2.75) is 17.9 Å². The number of anilines is 1. The van der Waals surface area contributed by atoms with Crippen molar-refractivity contribution in [3.63, 3.8) is 0 Å². The van der Waals surface area contributed by atoms with E-state index in [0.29, 0.717) is 0 Å². The van der Waals surface area contributed by atoms with Gasteiger partial charge in [0.1, 0.15) is 6.26 Å². The van der Waals surface area contributed by atoms with E-state index in [4.69, 9.17) is 5.73 Å². The lowest BCUT2D eigenvalue weighted by Gasteiger charge is -2.08. The van der Waals surface area contributed by atoms with Gasteiger partial charge in [0.15, 0.2) is 5.82 Å². The summed E-state index contributed by atoms with van der Waals surface area (Å²) in [5, 5.41) is 3.49. The first-order chi connectivity index (χ1) is 8.49. The predicted molar refractivity (Wildman–Crippen MR) is 66.4 cm³/mol. The van der Waals surface area contributed by atoms with E-state index in [2.05, 4.69) is 14.4 Å². The summed E-state index contributed by atoms with van der Waals surface area (Å²) in [5.41, 5.74) is 6.57. The molecule has 6 nitrogen and oxygen atoms in total. The van der Waals surface area contributed by atoms with Gasteiger partial charge in [-0.1, -0.05) is 17.3 Å². The molecule has 96 valence electrons. The maximum absolute atomic E-state index is 12.0. The van der Waals surface area contributed by atoms with E-state index in [-0.39, 0.29) is 16.8 Å². The van der Waals surface area contributed by atoms with Gasteiger partial charge in [0, 0.05) is 12.1 Å². The fraction of sp³-hybridized carbons (Fsp3) is 0.182. The van der Waals surface area contributed by atoms with Gasteiger partial charge in [-0.3, -0.25) is 4.72 Å². The van der Waals surface area contributed by atoms with Crippen molar-refractivity contribution in [1.82, 2.24) is 5.16 Å². The maximum Gasteiger partial charge on any atom is 0.263 e. The van der Waals surface area contributed by atoms with Crippen LogP contribution in [0.25, 0.3) is 0 Å². The molecule has 0 spiro atoms. The molecule has 1 aromatic carbocycles. The number of nitrogens with one attached hydrogen (secondary N) is 1. The minimum absolute atomic E-state index is 0.134. The number of nitrogens with zero attached hydrogens (tertiary/aromatic N) is 1. The van der Waals surface area contributed by atoms with Gasteiger partial charge in [0.2, 0.25) is 0 Å². The van der Waals surface area contributed by atoms with Crippen LogP contribution in [0.1, 0.15) is 18.5 Å². The third-order valence-electron chi connectivity index (χ3n) is 2.39. The van der Waals surface area contributed by atoms with Gasteiger partial charge in [-0.15, -0.1) is 0 Å². The Labute approximate surface area is 105 Å². The number of hydrogen-bond donors (Lipinski definition) is 2. The van der Waals surface area contributed by atoms with E-state index in [1.54, 1.807) is 12.1 Å². The molecule has 1 aromatic heterocycles. The monoisotopic (exact) mass is 267 g/mol. The summed E-state index contributed by atoms with van der Waals surface area (Å²) in [6.45, 7) is 1.83. The fourth-order valence-corrected chi connectivity index (χ4v) is 2.41. The first-order valence-electron chi connectivity index (χ1n) is 5.28. The van der Waals surface area contributed by atoms with Crippen molar-refractivity contribution >= 4 is 15.8 Å². The van der Waals surface area contributed by atoms with E-state index >= 15 is 0 Å². The number of hydrogen-bond acceptors (Lipinski definition) is 5. The van der Waals surface area contributed by atoms with Crippen molar-refractivity contribution in [1.29, 1.82) is 0 Å². The third-order valence-corrected chi connectivity index (χ3v) is 3.76. The molecule has 18 heavy (non-hydrogen) atoms. The maximum atomic E-state index is 12.0. The molecule has 2 rings (SSSR count). The van der Waals surface area contributed by atoms with E-state index in [1.807, 2.05) is 6.92 Å². The quantitative estimate of drug-likeness (QED) is 0.874. The molecule has 0 bridgehead atoms. The van der Waals surface area contributed by atoms with Gasteiger partial charge in [0.05, 0.1) is 4.90 Å². The third kappa shape index (κ3) is 2.69. The topological polar surface area (TPSA) is 98.2 Å². The summed E-state index contributed by atoms with van der Waals surface area (Å²) in [7, 11) is -3.64. The molecule has 0 saturated heterocycles. The standard InChI is InChI=1S/C11H13N3O3S/c1-8(12)9-2-4-10(5-3-9)18(15,16)14-11-6-7-17-13-11/h2-8H,12H2,1H3,(H,13,14). The molecular weight excluding hydrogens is 254 g/mol. The number of rotatable bonds is 4. The van der Waals surface area contributed by atoms with Crippen LogP contribution in [0.2, 0.25) is 0 Å². The van der Waals surface area contributed by atoms with Crippen molar-refractivity contribution in [3.8, 4) is 0 Å². The SMILES string of the molecule is CC(N)c1ccc(S(=O)(=O)Nc2ccon2)cc1. The normalized spacial score (nSPS) is 13.2. The average Bonchev–Trinajstić information content (AvgIpc) is 2.81. The van der Waals surface area contributed by atoms with Gasteiger partial charge in [-0.05, 0) is 24.6 Å². The number of benzene rings is 1. The highest BCUT2D eigenvalue weighted by Crippen LogP contribution is 2.17.